The van der Waals surface area contributed by atoms with Gasteiger partial charge in [-0.2, -0.15) is 0 Å². The van der Waals surface area contributed by atoms with Crippen molar-refractivity contribution >= 4 is 29.4 Å². The minimum Gasteiger partial charge on any atom is -0.454 e. The molecule has 0 aliphatic carbocycles. The molecular formula is C18H23N3O5. The van der Waals surface area contributed by atoms with Crippen molar-refractivity contribution in [1.29, 1.82) is 0 Å². The van der Waals surface area contributed by atoms with Crippen LogP contribution < -0.4 is 10.6 Å². The molecule has 0 saturated carbocycles. The average molecular weight is 361 g/mol. The van der Waals surface area contributed by atoms with E-state index in [1.54, 1.807) is 29.2 Å². The number of carbonyl (C=O) groups is 4. The molecule has 26 heavy (non-hydrogen) atoms. The highest BCUT2D eigenvalue weighted by Crippen LogP contribution is 2.13. The molecule has 1 saturated heterocycles. The summed E-state index contributed by atoms with van der Waals surface area (Å²) in [5.41, 5.74) is 0.912. The van der Waals surface area contributed by atoms with Crippen LogP contribution in [-0.4, -0.2) is 54.3 Å². The van der Waals surface area contributed by atoms with E-state index >= 15 is 0 Å². The SMILES string of the molecule is CCN(CC)C(=O)c1cccc(NC(=O)COC(=O)[C@@H]2CCC(=O)N2)c1. The van der Waals surface area contributed by atoms with Crippen molar-refractivity contribution in [3.8, 4) is 0 Å². The molecule has 2 rings (SSSR count). The zero-order chi connectivity index (χ0) is 19.1. The van der Waals surface area contributed by atoms with Crippen LogP contribution in [0.1, 0.15) is 37.0 Å². The minimum atomic E-state index is -0.690. The summed E-state index contributed by atoms with van der Waals surface area (Å²) in [6, 6.07) is 5.89. The first-order valence-corrected chi connectivity index (χ1v) is 8.59. The van der Waals surface area contributed by atoms with Gasteiger partial charge in [-0.1, -0.05) is 6.07 Å². The number of benzene rings is 1. The largest absolute Gasteiger partial charge is 0.454 e. The fourth-order valence-corrected chi connectivity index (χ4v) is 2.65. The van der Waals surface area contributed by atoms with E-state index in [0.717, 1.165) is 0 Å². The second-order valence-corrected chi connectivity index (χ2v) is 5.87. The van der Waals surface area contributed by atoms with Gasteiger partial charge < -0.3 is 20.3 Å². The molecule has 8 nitrogen and oxygen atoms in total. The zero-order valence-electron chi connectivity index (χ0n) is 14.9. The van der Waals surface area contributed by atoms with Crippen LogP contribution in [0.3, 0.4) is 0 Å². The lowest BCUT2D eigenvalue weighted by atomic mass is 10.1. The fourth-order valence-electron chi connectivity index (χ4n) is 2.65. The standard InChI is InChI=1S/C18H23N3O5/c1-3-21(4-2)17(24)12-6-5-7-13(10-12)19-16(23)11-26-18(25)14-8-9-15(22)20-14/h5-7,10,14H,3-4,8-9,11H2,1-2H3,(H,19,23)(H,20,22)/t14-/m0/s1. The third-order valence-corrected chi connectivity index (χ3v) is 4.07. The fraction of sp³-hybridized carbons (Fsp3) is 0.444. The number of nitrogens with one attached hydrogen (secondary N) is 2. The van der Waals surface area contributed by atoms with Crippen molar-refractivity contribution < 1.29 is 23.9 Å². The first-order valence-electron chi connectivity index (χ1n) is 8.59. The quantitative estimate of drug-likeness (QED) is 0.703. The molecule has 0 spiro atoms. The predicted octanol–water partition coefficient (Wildman–Crippen LogP) is 0.929. The number of nitrogens with zero attached hydrogens (tertiary/aromatic N) is 1. The lowest BCUT2D eigenvalue weighted by Gasteiger charge is -2.19. The van der Waals surface area contributed by atoms with Gasteiger partial charge in [0.05, 0.1) is 0 Å². The minimum absolute atomic E-state index is 0.116. The Morgan fingerprint density at radius 2 is 2.00 bits per heavy atom. The van der Waals surface area contributed by atoms with E-state index in [4.69, 9.17) is 4.74 Å². The third-order valence-electron chi connectivity index (χ3n) is 4.07. The van der Waals surface area contributed by atoms with Gasteiger partial charge in [0, 0.05) is 30.8 Å². The summed E-state index contributed by atoms with van der Waals surface area (Å²) in [5, 5.41) is 5.07. The van der Waals surface area contributed by atoms with E-state index in [1.165, 1.54) is 0 Å². The van der Waals surface area contributed by atoms with Crippen molar-refractivity contribution in [3.63, 3.8) is 0 Å². The van der Waals surface area contributed by atoms with Crippen LogP contribution >= 0.6 is 0 Å². The monoisotopic (exact) mass is 361 g/mol. The predicted molar refractivity (Wildman–Crippen MR) is 94.4 cm³/mol. The zero-order valence-corrected chi connectivity index (χ0v) is 14.9. The van der Waals surface area contributed by atoms with Crippen molar-refractivity contribution in [2.45, 2.75) is 32.7 Å². The van der Waals surface area contributed by atoms with Gasteiger partial charge in [-0.25, -0.2) is 4.79 Å². The second-order valence-electron chi connectivity index (χ2n) is 5.87. The van der Waals surface area contributed by atoms with Gasteiger partial charge in [0.2, 0.25) is 5.91 Å². The summed E-state index contributed by atoms with van der Waals surface area (Å²) >= 11 is 0. The summed E-state index contributed by atoms with van der Waals surface area (Å²) in [5.74, 6) is -1.47. The van der Waals surface area contributed by atoms with Gasteiger partial charge in [0.25, 0.3) is 11.8 Å². The highest BCUT2D eigenvalue weighted by atomic mass is 16.5. The molecule has 0 aromatic heterocycles. The number of amides is 3. The normalized spacial score (nSPS) is 15.9. The molecule has 0 bridgehead atoms. The summed E-state index contributed by atoms with van der Waals surface area (Å²) < 4.78 is 4.92. The van der Waals surface area contributed by atoms with Gasteiger partial charge >= 0.3 is 5.97 Å². The van der Waals surface area contributed by atoms with E-state index in [-0.39, 0.29) is 18.2 Å². The molecule has 2 N–H and O–H groups in total. The Hall–Kier alpha value is -2.90. The van der Waals surface area contributed by atoms with Crippen LogP contribution in [0.5, 0.6) is 0 Å². The van der Waals surface area contributed by atoms with Crippen molar-refractivity contribution in [2.24, 2.45) is 0 Å². The van der Waals surface area contributed by atoms with Gasteiger partial charge in [0.1, 0.15) is 6.04 Å². The van der Waals surface area contributed by atoms with Crippen LogP contribution in [-0.2, 0) is 19.1 Å². The highest BCUT2D eigenvalue weighted by Gasteiger charge is 2.28. The van der Waals surface area contributed by atoms with E-state index < -0.39 is 24.5 Å². The first kappa shape index (κ1) is 19.4. The Morgan fingerprint density at radius 3 is 2.62 bits per heavy atom. The van der Waals surface area contributed by atoms with Crippen LogP contribution in [0.2, 0.25) is 0 Å². The van der Waals surface area contributed by atoms with E-state index in [9.17, 15) is 19.2 Å². The lowest BCUT2D eigenvalue weighted by Crippen LogP contribution is -2.36. The molecule has 1 atom stereocenters. The maximum atomic E-state index is 12.3. The maximum absolute atomic E-state index is 12.3. The number of rotatable bonds is 7. The number of hydrogen-bond donors (Lipinski definition) is 2. The number of hydrogen-bond acceptors (Lipinski definition) is 5. The van der Waals surface area contributed by atoms with Crippen molar-refractivity contribution in [1.82, 2.24) is 10.2 Å². The van der Waals surface area contributed by atoms with Gasteiger partial charge in [-0.15, -0.1) is 0 Å². The maximum Gasteiger partial charge on any atom is 0.329 e. The Morgan fingerprint density at radius 1 is 1.27 bits per heavy atom. The molecule has 0 radical (unpaired) electrons. The number of carbonyl (C=O) groups excluding carboxylic acids is 4. The van der Waals surface area contributed by atoms with E-state index in [0.29, 0.717) is 30.8 Å². The Labute approximate surface area is 151 Å². The van der Waals surface area contributed by atoms with Gasteiger partial charge in [0.15, 0.2) is 6.61 Å². The molecule has 1 aliphatic rings. The molecule has 1 aromatic rings. The lowest BCUT2D eigenvalue weighted by molar-refractivity contribution is -0.149. The van der Waals surface area contributed by atoms with Crippen LogP contribution in [0.25, 0.3) is 0 Å². The first-order chi connectivity index (χ1) is 12.4. The molecule has 140 valence electrons. The summed E-state index contributed by atoms with van der Waals surface area (Å²) in [7, 11) is 0. The van der Waals surface area contributed by atoms with Gasteiger partial charge in [-0.3, -0.25) is 14.4 Å². The van der Waals surface area contributed by atoms with Crippen molar-refractivity contribution in [2.75, 3.05) is 25.0 Å². The van der Waals surface area contributed by atoms with Crippen LogP contribution in [0.15, 0.2) is 24.3 Å². The number of ether oxygens (including phenoxy) is 1. The van der Waals surface area contributed by atoms with Crippen molar-refractivity contribution in [3.05, 3.63) is 29.8 Å². The van der Waals surface area contributed by atoms with E-state index in [2.05, 4.69) is 10.6 Å². The highest BCUT2D eigenvalue weighted by molar-refractivity contribution is 5.98. The number of anilines is 1. The molecule has 1 heterocycles. The Balaban J connectivity index is 1.89. The molecule has 3 amide bonds. The topological polar surface area (TPSA) is 105 Å². The van der Waals surface area contributed by atoms with Crippen LogP contribution in [0, 0.1) is 0 Å². The smallest absolute Gasteiger partial charge is 0.329 e. The molecule has 1 aliphatic heterocycles. The average Bonchev–Trinajstić information content (AvgIpc) is 3.07. The summed E-state index contributed by atoms with van der Waals surface area (Å²) in [6.45, 7) is 4.53. The molecule has 1 fully saturated rings. The molecule has 1 aromatic carbocycles. The molecular weight excluding hydrogens is 338 g/mol. The Kier molecular flexibility index (Phi) is 6.71. The number of esters is 1. The second kappa shape index (κ2) is 8.98. The summed E-state index contributed by atoms with van der Waals surface area (Å²) in [4.78, 5) is 48.8. The third kappa shape index (κ3) is 5.05. The van der Waals surface area contributed by atoms with Crippen LogP contribution in [0.4, 0.5) is 5.69 Å². The van der Waals surface area contributed by atoms with E-state index in [1.807, 2.05) is 13.8 Å². The molecule has 0 unspecified atom stereocenters. The summed E-state index contributed by atoms with van der Waals surface area (Å²) in [6.07, 6.45) is 0.647. The molecule has 8 heteroatoms. The Bertz CT molecular complexity index is 700. The van der Waals surface area contributed by atoms with Gasteiger partial charge in [-0.05, 0) is 38.5 Å².